The lowest BCUT2D eigenvalue weighted by Gasteiger charge is -2.31. The second-order valence-electron chi connectivity index (χ2n) is 11.9. The van der Waals surface area contributed by atoms with Crippen molar-refractivity contribution < 1.29 is 56.0 Å². The number of carbonyl (C=O) groups excluding carboxylic acids is 1. The van der Waals surface area contributed by atoms with Crippen molar-refractivity contribution in [1.82, 2.24) is 9.62 Å². The highest BCUT2D eigenvalue weighted by atomic mass is 32.2. The van der Waals surface area contributed by atoms with Crippen molar-refractivity contribution in [2.45, 2.75) is 63.0 Å². The van der Waals surface area contributed by atoms with Crippen molar-refractivity contribution in [3.63, 3.8) is 0 Å². The van der Waals surface area contributed by atoms with Crippen LogP contribution in [0.3, 0.4) is 0 Å². The molecule has 3 N–H and O–H groups in total. The summed E-state index contributed by atoms with van der Waals surface area (Å²) in [6, 6.07) is 11.5. The Hall–Kier alpha value is -2.75. The molecule has 47 heavy (non-hydrogen) atoms. The van der Waals surface area contributed by atoms with Gasteiger partial charge in [-0.2, -0.15) is 4.31 Å². The van der Waals surface area contributed by atoms with E-state index in [0.717, 1.165) is 0 Å². The first-order valence-electron chi connectivity index (χ1n) is 15.5. The summed E-state index contributed by atoms with van der Waals surface area (Å²) in [5.41, 5.74) is 0.667. The molecule has 1 amide bonds. The summed E-state index contributed by atoms with van der Waals surface area (Å²) in [7, 11) is -6.45. The van der Waals surface area contributed by atoms with E-state index in [1.807, 2.05) is 13.8 Å². The van der Waals surface area contributed by atoms with Crippen molar-refractivity contribution >= 4 is 23.7 Å². The molecule has 0 aliphatic carbocycles. The molecule has 262 valence electrons. The predicted molar refractivity (Wildman–Crippen MR) is 171 cm³/mol. The van der Waals surface area contributed by atoms with Crippen molar-refractivity contribution in [3.8, 4) is 11.5 Å². The summed E-state index contributed by atoms with van der Waals surface area (Å²) in [6.07, 6.45) is -2.81. The number of ether oxygens (including phenoxy) is 5. The largest absolute Gasteiger partial charge is 0.497 e. The fraction of sp³-hybridized carbons (Fsp3) is 0.581. The third-order valence-corrected chi connectivity index (χ3v) is 10.7. The van der Waals surface area contributed by atoms with E-state index in [1.54, 1.807) is 43.3 Å². The normalized spacial score (nSPS) is 22.0. The van der Waals surface area contributed by atoms with Crippen LogP contribution >= 0.6 is 7.60 Å². The van der Waals surface area contributed by atoms with E-state index in [0.29, 0.717) is 30.1 Å². The number of sulfonamides is 1. The molecule has 2 heterocycles. The molecule has 2 aliphatic rings. The Morgan fingerprint density at radius 1 is 1.09 bits per heavy atom. The van der Waals surface area contributed by atoms with Crippen molar-refractivity contribution in [2.24, 2.45) is 11.8 Å². The Labute approximate surface area is 275 Å². The summed E-state index contributed by atoms with van der Waals surface area (Å²) in [5.74, 6) is 0.654. The lowest BCUT2D eigenvalue weighted by molar-refractivity contribution is -0.0907. The highest BCUT2D eigenvalue weighted by Crippen LogP contribution is 2.41. The summed E-state index contributed by atoms with van der Waals surface area (Å²) >= 11 is 0. The molecule has 0 aromatic heterocycles. The van der Waals surface area contributed by atoms with E-state index in [4.69, 9.17) is 28.2 Å². The Bertz CT molecular complexity index is 1460. The van der Waals surface area contributed by atoms with E-state index in [1.165, 1.54) is 23.5 Å². The van der Waals surface area contributed by atoms with Crippen LogP contribution in [0.5, 0.6) is 11.5 Å². The van der Waals surface area contributed by atoms with Crippen LogP contribution < -0.4 is 14.8 Å². The van der Waals surface area contributed by atoms with Gasteiger partial charge in [-0.15, -0.1) is 0 Å². The van der Waals surface area contributed by atoms with Crippen LogP contribution in [0.4, 0.5) is 4.79 Å². The molecule has 4 rings (SSSR count). The van der Waals surface area contributed by atoms with Crippen molar-refractivity contribution in [3.05, 3.63) is 54.1 Å². The number of amides is 1. The average molecular weight is 701 g/mol. The minimum absolute atomic E-state index is 0.0389. The zero-order valence-corrected chi connectivity index (χ0v) is 28.7. The number of hydrogen-bond acceptors (Lipinski definition) is 11. The van der Waals surface area contributed by atoms with Crippen LogP contribution in [0.15, 0.2) is 53.4 Å². The van der Waals surface area contributed by atoms with Gasteiger partial charge in [0.1, 0.15) is 17.6 Å². The molecule has 0 spiro atoms. The third-order valence-electron chi connectivity index (χ3n) is 7.77. The first-order chi connectivity index (χ1) is 22.3. The van der Waals surface area contributed by atoms with Gasteiger partial charge in [0.15, 0.2) is 12.6 Å². The minimum Gasteiger partial charge on any atom is -0.497 e. The van der Waals surface area contributed by atoms with E-state index in [-0.39, 0.29) is 49.5 Å². The molecular formula is C31H45N2O12PS. The summed E-state index contributed by atoms with van der Waals surface area (Å²) < 4.78 is 72.8. The van der Waals surface area contributed by atoms with Gasteiger partial charge in [-0.25, -0.2) is 13.2 Å². The van der Waals surface area contributed by atoms with Gasteiger partial charge in [-0.05, 0) is 67.6 Å². The number of carbonyl (C=O) groups is 1. The summed E-state index contributed by atoms with van der Waals surface area (Å²) in [4.78, 5) is 23.0. The third kappa shape index (κ3) is 10.4. The maximum atomic E-state index is 13.7. The lowest BCUT2D eigenvalue weighted by atomic mass is 10.0. The second kappa shape index (κ2) is 16.6. The van der Waals surface area contributed by atoms with E-state index < -0.39 is 54.6 Å². The van der Waals surface area contributed by atoms with Crippen molar-refractivity contribution in [2.75, 3.05) is 46.4 Å². The minimum atomic E-state index is -4.03. The number of nitrogens with zero attached hydrogens (tertiary/aromatic N) is 1. The molecule has 14 nitrogen and oxygen atoms in total. The molecule has 0 saturated carbocycles. The van der Waals surface area contributed by atoms with Crippen LogP contribution in [0.2, 0.25) is 0 Å². The lowest BCUT2D eigenvalue weighted by Crippen LogP contribution is -2.51. The summed E-state index contributed by atoms with van der Waals surface area (Å²) in [5, 5.41) is 14.3. The smallest absolute Gasteiger partial charge is 0.407 e. The van der Waals surface area contributed by atoms with E-state index in [9.17, 15) is 27.8 Å². The molecule has 2 unspecified atom stereocenters. The number of methoxy groups -OCH3 is 1. The topological polar surface area (TPSA) is 179 Å². The molecule has 2 aromatic rings. The molecule has 2 aromatic carbocycles. The molecule has 2 saturated heterocycles. The molecule has 2 fully saturated rings. The number of aliphatic hydroxyl groups is 1. The van der Waals surface area contributed by atoms with Gasteiger partial charge in [0.05, 0.1) is 49.9 Å². The molecule has 0 radical (unpaired) electrons. The molecule has 0 bridgehead atoms. The number of benzene rings is 2. The van der Waals surface area contributed by atoms with Gasteiger partial charge in [0, 0.05) is 13.1 Å². The monoisotopic (exact) mass is 700 g/mol. The predicted octanol–water partition coefficient (Wildman–Crippen LogP) is 3.36. The first kappa shape index (κ1) is 37.1. The molecular weight excluding hydrogens is 655 g/mol. The number of hydrogen-bond donors (Lipinski definition) is 3. The van der Waals surface area contributed by atoms with Gasteiger partial charge in [-0.1, -0.05) is 26.0 Å². The fourth-order valence-electron chi connectivity index (χ4n) is 5.44. The quantitative estimate of drug-likeness (QED) is 0.205. The maximum Gasteiger partial charge on any atom is 0.407 e. The number of aliphatic hydroxyl groups excluding tert-OH is 1. The van der Waals surface area contributed by atoms with Gasteiger partial charge in [-0.3, -0.25) is 4.57 Å². The second-order valence-corrected chi connectivity index (χ2v) is 15.6. The van der Waals surface area contributed by atoms with E-state index in [2.05, 4.69) is 5.32 Å². The number of rotatable bonds is 17. The van der Waals surface area contributed by atoms with Crippen LogP contribution in [-0.2, 0) is 39.7 Å². The molecule has 16 heteroatoms. The van der Waals surface area contributed by atoms with Crippen LogP contribution in [0.1, 0.15) is 32.8 Å². The highest BCUT2D eigenvalue weighted by Gasteiger charge is 2.44. The first-order valence-corrected chi connectivity index (χ1v) is 18.7. The Morgan fingerprint density at radius 3 is 2.40 bits per heavy atom. The van der Waals surface area contributed by atoms with Crippen LogP contribution in [0.25, 0.3) is 0 Å². The molecule has 6 atom stereocenters. The maximum absolute atomic E-state index is 13.7. The average Bonchev–Trinajstić information content (AvgIpc) is 3.65. The van der Waals surface area contributed by atoms with Gasteiger partial charge < -0.3 is 43.5 Å². The Kier molecular flexibility index (Phi) is 13.1. The van der Waals surface area contributed by atoms with Crippen LogP contribution in [0, 0.1) is 11.8 Å². The summed E-state index contributed by atoms with van der Waals surface area (Å²) in [6.45, 7) is 5.90. The number of nitrogens with one attached hydrogen (secondary N) is 1. The van der Waals surface area contributed by atoms with Gasteiger partial charge >= 0.3 is 13.7 Å². The van der Waals surface area contributed by atoms with Crippen LogP contribution in [-0.4, -0.2) is 99.7 Å². The number of alkyl carbamates (subject to hydrolysis) is 1. The Morgan fingerprint density at radius 2 is 1.77 bits per heavy atom. The zero-order valence-electron chi connectivity index (χ0n) is 27.0. The van der Waals surface area contributed by atoms with Gasteiger partial charge in [0.2, 0.25) is 10.0 Å². The fourth-order valence-corrected chi connectivity index (χ4v) is 7.85. The SMILES string of the molecule is CCOP(=O)(O)COc1ccc(C[C@H](NC(=O)O[C@H]2CO[C@H]3OCCC32)[C@H](O)CN(CC(C)C)S(=O)(=O)c2ccc(OC)cc2)cc1. The highest BCUT2D eigenvalue weighted by molar-refractivity contribution is 7.89. The number of fused-ring (bicyclic) bond motifs is 1. The van der Waals surface area contributed by atoms with Gasteiger partial charge in [0.25, 0.3) is 0 Å². The van der Waals surface area contributed by atoms with E-state index >= 15 is 0 Å². The van der Waals surface area contributed by atoms with Crippen molar-refractivity contribution in [1.29, 1.82) is 0 Å². The standard InChI is InChI=1S/C31H45N2O12PS/c1-5-44-46(36,37)20-43-24-8-6-22(7-9-24)16-27(32-31(35)45-29-19-42-30-26(29)14-15-41-30)28(34)18-33(17-21(2)3)47(38,39)25-12-10-23(40-4)11-13-25/h6-13,21,26-30,34H,5,14-20H2,1-4H3,(H,32,35)(H,36,37)/t26?,27-,28+,29-,30+/m0/s1. The Balaban J connectivity index is 1.52. The molecule has 2 aliphatic heterocycles. The zero-order chi connectivity index (χ0) is 34.2.